The van der Waals surface area contributed by atoms with Crippen LogP contribution in [0.25, 0.3) is 11.3 Å². The number of aromatic nitrogens is 1. The number of carbonyl (C=O) groups excluding carboxylic acids is 1. The summed E-state index contributed by atoms with van der Waals surface area (Å²) in [6.07, 6.45) is 0. The molecule has 4 aromatic rings. The lowest BCUT2D eigenvalue weighted by Gasteiger charge is -2.19. The number of thiazole rings is 1. The van der Waals surface area contributed by atoms with Gasteiger partial charge in [-0.3, -0.25) is 4.79 Å². The summed E-state index contributed by atoms with van der Waals surface area (Å²) in [6.45, 7) is 8.55. The molecule has 0 aliphatic rings. The van der Waals surface area contributed by atoms with E-state index >= 15 is 0 Å². The highest BCUT2D eigenvalue weighted by Crippen LogP contribution is 2.29. The number of anilines is 3. The quantitative estimate of drug-likeness (QED) is 0.339. The van der Waals surface area contributed by atoms with Gasteiger partial charge in [0.15, 0.2) is 5.13 Å². The first-order chi connectivity index (χ1) is 15.3. The molecule has 2 N–H and O–H groups in total. The van der Waals surface area contributed by atoms with Crippen molar-refractivity contribution in [3.05, 3.63) is 94.9 Å². The van der Waals surface area contributed by atoms with E-state index in [1.165, 1.54) is 11.1 Å². The minimum absolute atomic E-state index is 0.0593. The van der Waals surface area contributed by atoms with Gasteiger partial charge in [-0.05, 0) is 53.8 Å². The second kappa shape index (κ2) is 8.97. The average molecular weight is 442 g/mol. The molecule has 0 atom stereocenters. The number of carbonyl (C=O) groups is 1. The van der Waals surface area contributed by atoms with Crippen LogP contribution in [-0.4, -0.2) is 10.9 Å². The third-order valence-corrected chi connectivity index (χ3v) is 6.08. The molecule has 0 aliphatic carbocycles. The fraction of sp³-hybridized carbons (Fsp3) is 0.185. The zero-order chi connectivity index (χ0) is 22.7. The standard InChI is InChI=1S/C27H27N3OS/c1-18-8-5-6-11-23(18)29-26-30-24(17-32-26)20-9-7-10-22(16-20)28-25(31)19-12-14-21(15-13-19)27(2,3)4/h5-17H,1-4H3,(H,28,31)(H,29,30). The molecule has 1 aromatic heterocycles. The van der Waals surface area contributed by atoms with Gasteiger partial charge in [-0.15, -0.1) is 11.3 Å². The average Bonchev–Trinajstić information content (AvgIpc) is 3.24. The number of aryl methyl sites for hydroxylation is 1. The predicted octanol–water partition coefficient (Wildman–Crippen LogP) is 7.41. The molecule has 0 saturated carbocycles. The molecule has 162 valence electrons. The van der Waals surface area contributed by atoms with E-state index in [1.54, 1.807) is 11.3 Å². The van der Waals surface area contributed by atoms with Crippen molar-refractivity contribution in [3.63, 3.8) is 0 Å². The summed E-state index contributed by atoms with van der Waals surface area (Å²) < 4.78 is 0. The van der Waals surface area contributed by atoms with Gasteiger partial charge < -0.3 is 10.6 Å². The first kappa shape index (κ1) is 21.8. The van der Waals surface area contributed by atoms with Gasteiger partial charge >= 0.3 is 0 Å². The summed E-state index contributed by atoms with van der Waals surface area (Å²) in [7, 11) is 0. The Morgan fingerprint density at radius 1 is 0.938 bits per heavy atom. The Labute approximate surface area is 193 Å². The maximum absolute atomic E-state index is 12.7. The normalized spacial score (nSPS) is 11.2. The Morgan fingerprint density at radius 2 is 1.69 bits per heavy atom. The Balaban J connectivity index is 1.47. The van der Waals surface area contributed by atoms with Gasteiger partial charge in [0.2, 0.25) is 0 Å². The third-order valence-electron chi connectivity index (χ3n) is 5.32. The maximum Gasteiger partial charge on any atom is 0.255 e. The molecule has 0 radical (unpaired) electrons. The fourth-order valence-corrected chi connectivity index (χ4v) is 4.11. The van der Waals surface area contributed by atoms with Crippen molar-refractivity contribution < 1.29 is 4.79 Å². The van der Waals surface area contributed by atoms with E-state index in [2.05, 4.69) is 44.4 Å². The van der Waals surface area contributed by atoms with Crippen molar-refractivity contribution in [2.75, 3.05) is 10.6 Å². The zero-order valence-electron chi connectivity index (χ0n) is 18.8. The highest BCUT2D eigenvalue weighted by molar-refractivity contribution is 7.14. The van der Waals surface area contributed by atoms with E-state index < -0.39 is 0 Å². The van der Waals surface area contributed by atoms with Crippen LogP contribution in [0.1, 0.15) is 42.3 Å². The first-order valence-electron chi connectivity index (χ1n) is 10.6. The molecule has 0 spiro atoms. The summed E-state index contributed by atoms with van der Waals surface area (Å²) in [5.74, 6) is -0.122. The van der Waals surface area contributed by atoms with Crippen molar-refractivity contribution in [2.45, 2.75) is 33.1 Å². The summed E-state index contributed by atoms with van der Waals surface area (Å²) in [5, 5.41) is 9.24. The summed E-state index contributed by atoms with van der Waals surface area (Å²) in [5.41, 5.74) is 6.70. The summed E-state index contributed by atoms with van der Waals surface area (Å²) >= 11 is 1.56. The smallest absolute Gasteiger partial charge is 0.255 e. The SMILES string of the molecule is Cc1ccccc1Nc1nc(-c2cccc(NC(=O)c3ccc(C(C)(C)C)cc3)c2)cs1. The zero-order valence-corrected chi connectivity index (χ0v) is 19.6. The van der Waals surface area contributed by atoms with Crippen LogP contribution in [0, 0.1) is 6.92 Å². The maximum atomic E-state index is 12.7. The largest absolute Gasteiger partial charge is 0.331 e. The number of rotatable bonds is 5. The van der Waals surface area contributed by atoms with Crippen LogP contribution >= 0.6 is 11.3 Å². The van der Waals surface area contributed by atoms with Crippen LogP contribution in [-0.2, 0) is 5.41 Å². The van der Waals surface area contributed by atoms with Gasteiger partial charge in [-0.1, -0.05) is 63.2 Å². The molecule has 4 nitrogen and oxygen atoms in total. The Kier molecular flexibility index (Phi) is 6.10. The number of nitrogens with one attached hydrogen (secondary N) is 2. The Hall–Kier alpha value is -3.44. The Morgan fingerprint density at radius 3 is 2.41 bits per heavy atom. The van der Waals surface area contributed by atoms with Crippen molar-refractivity contribution in [1.82, 2.24) is 4.98 Å². The third kappa shape index (κ3) is 5.06. The number of benzene rings is 3. The lowest BCUT2D eigenvalue weighted by atomic mass is 9.87. The molecular weight excluding hydrogens is 414 g/mol. The molecule has 0 bridgehead atoms. The number of amides is 1. The predicted molar refractivity (Wildman–Crippen MR) is 135 cm³/mol. The molecule has 5 heteroatoms. The Bertz CT molecular complexity index is 1240. The van der Waals surface area contributed by atoms with Crippen molar-refractivity contribution in [3.8, 4) is 11.3 Å². The van der Waals surface area contributed by atoms with Gasteiger partial charge in [0.05, 0.1) is 5.69 Å². The minimum Gasteiger partial charge on any atom is -0.331 e. The van der Waals surface area contributed by atoms with Crippen molar-refractivity contribution in [1.29, 1.82) is 0 Å². The topological polar surface area (TPSA) is 54.0 Å². The van der Waals surface area contributed by atoms with Gasteiger partial charge in [-0.25, -0.2) is 4.98 Å². The molecule has 32 heavy (non-hydrogen) atoms. The first-order valence-corrected chi connectivity index (χ1v) is 11.5. The van der Waals surface area contributed by atoms with Gasteiger partial charge in [-0.2, -0.15) is 0 Å². The highest BCUT2D eigenvalue weighted by Gasteiger charge is 2.15. The molecule has 0 fully saturated rings. The van der Waals surface area contributed by atoms with Gasteiger partial charge in [0.25, 0.3) is 5.91 Å². The fourth-order valence-electron chi connectivity index (χ4n) is 3.37. The van der Waals surface area contributed by atoms with Gasteiger partial charge in [0.1, 0.15) is 0 Å². The summed E-state index contributed by atoms with van der Waals surface area (Å²) in [6, 6.07) is 23.7. The molecule has 4 rings (SSSR count). The van der Waals surface area contributed by atoms with Crippen LogP contribution in [0.15, 0.2) is 78.2 Å². The van der Waals surface area contributed by atoms with E-state index in [0.29, 0.717) is 5.56 Å². The van der Waals surface area contributed by atoms with E-state index in [-0.39, 0.29) is 11.3 Å². The molecule has 1 amide bonds. The van der Waals surface area contributed by atoms with Crippen LogP contribution < -0.4 is 10.6 Å². The van der Waals surface area contributed by atoms with Crippen molar-refractivity contribution in [2.24, 2.45) is 0 Å². The molecular formula is C27H27N3OS. The minimum atomic E-state index is -0.122. The van der Waals surface area contributed by atoms with E-state index in [0.717, 1.165) is 27.8 Å². The van der Waals surface area contributed by atoms with Crippen LogP contribution in [0.5, 0.6) is 0 Å². The number of para-hydroxylation sites is 1. The highest BCUT2D eigenvalue weighted by atomic mass is 32.1. The van der Waals surface area contributed by atoms with E-state index in [9.17, 15) is 4.79 Å². The summed E-state index contributed by atoms with van der Waals surface area (Å²) in [4.78, 5) is 17.5. The molecule has 0 unspecified atom stereocenters. The number of nitrogens with zero attached hydrogens (tertiary/aromatic N) is 1. The molecule has 0 aliphatic heterocycles. The lowest BCUT2D eigenvalue weighted by molar-refractivity contribution is 0.102. The second-order valence-corrected chi connectivity index (χ2v) is 9.70. The number of hydrogen-bond acceptors (Lipinski definition) is 4. The number of hydrogen-bond donors (Lipinski definition) is 2. The molecule has 3 aromatic carbocycles. The van der Waals surface area contributed by atoms with E-state index in [1.807, 2.05) is 72.1 Å². The van der Waals surface area contributed by atoms with Crippen molar-refractivity contribution >= 4 is 33.8 Å². The van der Waals surface area contributed by atoms with Gasteiger partial charge in [0, 0.05) is 27.9 Å². The molecule has 0 saturated heterocycles. The van der Waals surface area contributed by atoms with E-state index in [4.69, 9.17) is 4.98 Å². The van der Waals surface area contributed by atoms with Crippen LogP contribution in [0.3, 0.4) is 0 Å². The monoisotopic (exact) mass is 441 g/mol. The second-order valence-electron chi connectivity index (χ2n) is 8.84. The molecule has 1 heterocycles. The van der Waals surface area contributed by atoms with Crippen LogP contribution in [0.2, 0.25) is 0 Å². The van der Waals surface area contributed by atoms with Crippen LogP contribution in [0.4, 0.5) is 16.5 Å². The lowest BCUT2D eigenvalue weighted by Crippen LogP contribution is -2.14.